The number of aromatic nitrogens is 1. The van der Waals surface area contributed by atoms with E-state index in [-0.39, 0.29) is 0 Å². The average Bonchev–Trinajstić information content (AvgIpc) is 3.32. The highest BCUT2D eigenvalue weighted by Crippen LogP contribution is 2.27. The van der Waals surface area contributed by atoms with Gasteiger partial charge in [-0.1, -0.05) is 0 Å². The van der Waals surface area contributed by atoms with Crippen LogP contribution in [-0.4, -0.2) is 57.0 Å². The Balaban J connectivity index is 1.24. The maximum absolute atomic E-state index is 5.77. The Morgan fingerprint density at radius 3 is 2.88 bits per heavy atom. The Morgan fingerprint density at radius 2 is 2.12 bits per heavy atom. The summed E-state index contributed by atoms with van der Waals surface area (Å²) < 4.78 is 11.1. The minimum atomic E-state index is 0.295. The quantitative estimate of drug-likeness (QED) is 0.391. The van der Waals surface area contributed by atoms with Crippen LogP contribution in [0.4, 0.5) is 0 Å². The fraction of sp³-hybridized carbons (Fsp3) is 0.789. The van der Waals surface area contributed by atoms with E-state index in [0.717, 1.165) is 64.6 Å². The maximum Gasteiger partial charge on any atom is 0.190 e. The Bertz CT molecular complexity index is 546. The number of nitrogens with one attached hydrogen (secondary N) is 2. The van der Waals surface area contributed by atoms with Crippen LogP contribution in [0.3, 0.4) is 0 Å². The Kier molecular flexibility index (Phi) is 8.17. The van der Waals surface area contributed by atoms with Crippen molar-refractivity contribution >= 4 is 17.3 Å². The summed E-state index contributed by atoms with van der Waals surface area (Å²) in [7, 11) is 1.82. The third kappa shape index (κ3) is 6.21. The highest BCUT2D eigenvalue weighted by atomic mass is 32.1. The van der Waals surface area contributed by atoms with Crippen molar-refractivity contribution in [3.63, 3.8) is 0 Å². The monoisotopic (exact) mass is 380 g/mol. The first kappa shape index (κ1) is 19.6. The third-order valence-corrected chi connectivity index (χ3v) is 6.05. The van der Waals surface area contributed by atoms with Gasteiger partial charge in [0.05, 0.1) is 23.4 Å². The largest absolute Gasteiger partial charge is 0.379 e. The second-order valence-corrected chi connectivity index (χ2v) is 8.09. The molecule has 26 heavy (non-hydrogen) atoms. The van der Waals surface area contributed by atoms with Crippen molar-refractivity contribution in [3.8, 4) is 0 Å². The molecule has 0 amide bonds. The molecule has 0 spiro atoms. The van der Waals surface area contributed by atoms with Crippen molar-refractivity contribution in [2.24, 2.45) is 4.99 Å². The molecule has 1 aromatic heterocycles. The van der Waals surface area contributed by atoms with E-state index in [1.165, 1.54) is 41.3 Å². The Labute approximate surface area is 160 Å². The number of fused-ring (bicyclic) bond motifs is 1. The molecule has 7 heteroatoms. The summed E-state index contributed by atoms with van der Waals surface area (Å²) in [6.07, 6.45) is 9.48. The summed E-state index contributed by atoms with van der Waals surface area (Å²) in [5, 5.41) is 8.04. The van der Waals surface area contributed by atoms with Crippen LogP contribution in [0.5, 0.6) is 0 Å². The van der Waals surface area contributed by atoms with Crippen molar-refractivity contribution in [1.29, 1.82) is 0 Å². The molecule has 1 aromatic rings. The standard InChI is InChI=1S/C19H32N4O2S/c1-20-19(22-11-5-12-25-15-9-13-24-14-15)21-10-4-8-18-23-16-6-2-3-7-17(16)26-18/h15H,2-14H2,1H3,(H2,20,21,22). The molecule has 1 unspecified atom stereocenters. The molecule has 2 N–H and O–H groups in total. The number of hydrogen-bond acceptors (Lipinski definition) is 5. The van der Waals surface area contributed by atoms with Crippen LogP contribution >= 0.6 is 11.3 Å². The minimum absolute atomic E-state index is 0.295. The van der Waals surface area contributed by atoms with Crippen molar-refractivity contribution in [1.82, 2.24) is 15.6 Å². The number of aryl methyl sites for hydroxylation is 3. The second kappa shape index (κ2) is 10.8. The SMILES string of the molecule is CN=C(NCCCOC1CCOC1)NCCCc1nc2c(s1)CCCC2. The van der Waals surface area contributed by atoms with E-state index in [4.69, 9.17) is 14.5 Å². The van der Waals surface area contributed by atoms with E-state index in [1.54, 1.807) is 0 Å². The molecule has 1 atom stereocenters. The normalized spacial score (nSPS) is 20.2. The Hall–Kier alpha value is -1.18. The highest BCUT2D eigenvalue weighted by molar-refractivity contribution is 7.11. The molecule has 0 radical (unpaired) electrons. The van der Waals surface area contributed by atoms with Crippen molar-refractivity contribution in [3.05, 3.63) is 15.6 Å². The van der Waals surface area contributed by atoms with Gasteiger partial charge in [-0.25, -0.2) is 4.98 Å². The molecule has 3 rings (SSSR count). The maximum atomic E-state index is 5.77. The van der Waals surface area contributed by atoms with Gasteiger partial charge in [0.25, 0.3) is 0 Å². The van der Waals surface area contributed by atoms with Crippen LogP contribution < -0.4 is 10.6 Å². The molecule has 0 bridgehead atoms. The van der Waals surface area contributed by atoms with Crippen LogP contribution in [0.15, 0.2) is 4.99 Å². The van der Waals surface area contributed by atoms with E-state index < -0.39 is 0 Å². The van der Waals surface area contributed by atoms with Gasteiger partial charge >= 0.3 is 0 Å². The lowest BCUT2D eigenvalue weighted by Crippen LogP contribution is -2.38. The zero-order valence-corrected chi connectivity index (χ0v) is 16.7. The van der Waals surface area contributed by atoms with E-state index >= 15 is 0 Å². The van der Waals surface area contributed by atoms with Gasteiger partial charge in [0.15, 0.2) is 5.96 Å². The zero-order chi connectivity index (χ0) is 18.0. The second-order valence-electron chi connectivity index (χ2n) is 6.92. The molecule has 1 fully saturated rings. The van der Waals surface area contributed by atoms with Gasteiger partial charge in [-0.2, -0.15) is 0 Å². The van der Waals surface area contributed by atoms with Gasteiger partial charge in [0.2, 0.25) is 0 Å². The molecule has 1 aliphatic heterocycles. The number of rotatable bonds is 9. The summed E-state index contributed by atoms with van der Waals surface area (Å²) in [5.41, 5.74) is 1.37. The van der Waals surface area contributed by atoms with Crippen molar-refractivity contribution in [2.75, 3.05) is 40.0 Å². The smallest absolute Gasteiger partial charge is 0.190 e. The van der Waals surface area contributed by atoms with Crippen LogP contribution in [0.1, 0.15) is 47.7 Å². The molecule has 0 aromatic carbocycles. The molecule has 2 aliphatic rings. The van der Waals surface area contributed by atoms with Gasteiger partial charge in [-0.05, 0) is 44.9 Å². The van der Waals surface area contributed by atoms with E-state index in [2.05, 4.69) is 15.6 Å². The summed E-state index contributed by atoms with van der Waals surface area (Å²) in [6.45, 7) is 4.14. The first-order valence-electron chi connectivity index (χ1n) is 9.96. The number of guanidine groups is 1. The molecule has 1 aliphatic carbocycles. The minimum Gasteiger partial charge on any atom is -0.379 e. The fourth-order valence-corrected chi connectivity index (χ4v) is 4.55. The first-order valence-corrected chi connectivity index (χ1v) is 10.8. The predicted molar refractivity (Wildman–Crippen MR) is 106 cm³/mol. The third-order valence-electron chi connectivity index (χ3n) is 4.83. The lowest BCUT2D eigenvalue weighted by molar-refractivity contribution is 0.0420. The number of ether oxygens (including phenoxy) is 2. The number of thiazole rings is 1. The lowest BCUT2D eigenvalue weighted by Gasteiger charge is -2.13. The van der Waals surface area contributed by atoms with Crippen molar-refractivity contribution in [2.45, 2.75) is 57.5 Å². The summed E-state index contributed by atoms with van der Waals surface area (Å²) in [5.74, 6) is 0.868. The zero-order valence-electron chi connectivity index (χ0n) is 15.9. The van der Waals surface area contributed by atoms with Crippen LogP contribution in [0, 0.1) is 0 Å². The van der Waals surface area contributed by atoms with Crippen LogP contribution in [0.2, 0.25) is 0 Å². The molecule has 0 saturated carbocycles. The number of aliphatic imine (C=N–C) groups is 1. The van der Waals surface area contributed by atoms with Gasteiger partial charge < -0.3 is 20.1 Å². The van der Waals surface area contributed by atoms with Crippen LogP contribution in [0.25, 0.3) is 0 Å². The Morgan fingerprint density at radius 1 is 1.27 bits per heavy atom. The summed E-state index contributed by atoms with van der Waals surface area (Å²) >= 11 is 1.92. The lowest BCUT2D eigenvalue weighted by atomic mass is 10.0. The molecule has 1 saturated heterocycles. The summed E-state index contributed by atoms with van der Waals surface area (Å²) in [4.78, 5) is 10.6. The van der Waals surface area contributed by atoms with Gasteiger partial charge in [-0.3, -0.25) is 4.99 Å². The highest BCUT2D eigenvalue weighted by Gasteiger charge is 2.15. The molecule has 146 valence electrons. The number of hydrogen-bond donors (Lipinski definition) is 2. The van der Waals surface area contributed by atoms with Crippen LogP contribution in [-0.2, 0) is 28.7 Å². The van der Waals surface area contributed by atoms with E-state index in [1.807, 2.05) is 18.4 Å². The van der Waals surface area contributed by atoms with Gasteiger partial charge in [0.1, 0.15) is 0 Å². The predicted octanol–water partition coefficient (Wildman–Crippen LogP) is 2.32. The van der Waals surface area contributed by atoms with Gasteiger partial charge in [0, 0.05) is 44.6 Å². The molecule has 2 heterocycles. The molecule has 6 nitrogen and oxygen atoms in total. The average molecular weight is 381 g/mol. The van der Waals surface area contributed by atoms with Crippen molar-refractivity contribution < 1.29 is 9.47 Å². The molecular formula is C19H32N4O2S. The molecular weight excluding hydrogens is 348 g/mol. The van der Waals surface area contributed by atoms with Gasteiger partial charge in [-0.15, -0.1) is 11.3 Å². The fourth-order valence-electron chi connectivity index (χ4n) is 3.35. The van der Waals surface area contributed by atoms with E-state index in [0.29, 0.717) is 6.10 Å². The topological polar surface area (TPSA) is 67.8 Å². The summed E-state index contributed by atoms with van der Waals surface area (Å²) in [6, 6.07) is 0. The van der Waals surface area contributed by atoms with E-state index in [9.17, 15) is 0 Å². The first-order chi connectivity index (χ1) is 12.8. The number of nitrogens with zero attached hydrogens (tertiary/aromatic N) is 2.